The fourth-order valence-electron chi connectivity index (χ4n) is 4.08. The van der Waals surface area contributed by atoms with E-state index in [0.717, 1.165) is 52.3 Å². The van der Waals surface area contributed by atoms with E-state index in [1.165, 1.54) is 16.9 Å². The molecule has 3 nitrogen and oxygen atoms in total. The van der Waals surface area contributed by atoms with E-state index in [1.807, 2.05) is 38.1 Å². The highest BCUT2D eigenvalue weighted by Crippen LogP contribution is 2.38. The minimum Gasteiger partial charge on any atom is -0.308 e. The maximum Gasteiger partial charge on any atom is 0.118 e. The van der Waals surface area contributed by atoms with Crippen molar-refractivity contribution in [2.24, 2.45) is 0 Å². The summed E-state index contributed by atoms with van der Waals surface area (Å²) < 4.78 is 2.16. The Hall–Kier alpha value is -2.79. The molecule has 3 aromatic rings. The minimum atomic E-state index is 0.529. The number of allylic oxidation sites excluding steroid dienone is 1. The number of nitriles is 2. The lowest BCUT2D eigenvalue weighted by atomic mass is 9.96. The van der Waals surface area contributed by atoms with Gasteiger partial charge in [-0.25, -0.2) is 0 Å². The molecule has 0 N–H and O–H groups in total. The lowest BCUT2D eigenvalue weighted by Crippen LogP contribution is -2.02. The number of fused-ring (bicyclic) bond motifs is 1. The van der Waals surface area contributed by atoms with E-state index in [0.29, 0.717) is 10.6 Å². The number of thiophene rings is 1. The Morgan fingerprint density at radius 1 is 1.17 bits per heavy atom. The second kappa shape index (κ2) is 7.91. The molecule has 0 saturated heterocycles. The number of hydrogen-bond acceptors (Lipinski definition) is 3. The lowest BCUT2D eigenvalue weighted by Gasteiger charge is -2.10. The first-order valence-corrected chi connectivity index (χ1v) is 10.8. The van der Waals surface area contributed by atoms with Crippen LogP contribution in [0.5, 0.6) is 0 Å². The summed E-state index contributed by atoms with van der Waals surface area (Å²) in [7, 11) is 0. The molecule has 4 rings (SSSR count). The Morgan fingerprint density at radius 3 is 2.66 bits per heavy atom. The molecule has 0 atom stereocenters. The molecule has 144 valence electrons. The molecule has 0 radical (unpaired) electrons. The van der Waals surface area contributed by atoms with Gasteiger partial charge in [0.15, 0.2) is 0 Å². The van der Waals surface area contributed by atoms with Gasteiger partial charge in [-0.05, 0) is 68.9 Å². The van der Waals surface area contributed by atoms with E-state index in [2.05, 4.69) is 22.8 Å². The normalized spacial score (nSPS) is 13.6. The van der Waals surface area contributed by atoms with E-state index in [9.17, 15) is 10.5 Å². The van der Waals surface area contributed by atoms with Crippen LogP contribution in [0.3, 0.4) is 0 Å². The van der Waals surface area contributed by atoms with Crippen molar-refractivity contribution >= 4 is 34.6 Å². The van der Waals surface area contributed by atoms with E-state index in [-0.39, 0.29) is 0 Å². The van der Waals surface area contributed by atoms with Crippen LogP contribution in [0.15, 0.2) is 30.3 Å². The molecule has 0 saturated carbocycles. The lowest BCUT2D eigenvalue weighted by molar-refractivity contribution is 0.695. The van der Waals surface area contributed by atoms with Gasteiger partial charge in [0.2, 0.25) is 0 Å². The first-order valence-electron chi connectivity index (χ1n) is 9.65. The average molecular weight is 418 g/mol. The van der Waals surface area contributed by atoms with Gasteiger partial charge in [-0.15, -0.1) is 11.3 Å². The van der Waals surface area contributed by atoms with Crippen LogP contribution in [0.2, 0.25) is 5.02 Å². The zero-order valence-electron chi connectivity index (χ0n) is 16.4. The number of hydrogen-bond donors (Lipinski definition) is 0. The molecule has 5 heteroatoms. The zero-order valence-corrected chi connectivity index (χ0v) is 18.0. The molecule has 0 aliphatic heterocycles. The highest BCUT2D eigenvalue weighted by Gasteiger charge is 2.23. The van der Waals surface area contributed by atoms with Gasteiger partial charge in [0.25, 0.3) is 0 Å². The van der Waals surface area contributed by atoms with Gasteiger partial charge in [0, 0.05) is 26.9 Å². The van der Waals surface area contributed by atoms with Gasteiger partial charge < -0.3 is 4.57 Å². The molecule has 1 aliphatic carbocycles. The second-order valence-electron chi connectivity index (χ2n) is 7.31. The van der Waals surface area contributed by atoms with Crippen LogP contribution in [-0.4, -0.2) is 4.57 Å². The van der Waals surface area contributed by atoms with Crippen molar-refractivity contribution in [2.75, 3.05) is 0 Å². The van der Waals surface area contributed by atoms with Crippen LogP contribution in [0.1, 0.15) is 51.4 Å². The van der Waals surface area contributed by atoms with Gasteiger partial charge in [-0.2, -0.15) is 10.5 Å². The summed E-state index contributed by atoms with van der Waals surface area (Å²) in [5, 5.41) is 21.1. The maximum absolute atomic E-state index is 9.85. The number of benzene rings is 1. The SMILES string of the molecule is Cc1cc(C=C(C#N)c2ccccc2Cl)c(C)n1-c1sc2c(c1C#N)CCCC2. The van der Waals surface area contributed by atoms with Crippen molar-refractivity contribution in [2.45, 2.75) is 39.5 Å². The van der Waals surface area contributed by atoms with E-state index in [1.54, 1.807) is 17.4 Å². The number of nitrogens with zero attached hydrogens (tertiary/aromatic N) is 3. The summed E-state index contributed by atoms with van der Waals surface area (Å²) in [5.41, 5.74) is 6.35. The number of aryl methyl sites for hydroxylation is 2. The smallest absolute Gasteiger partial charge is 0.118 e. The van der Waals surface area contributed by atoms with Crippen LogP contribution in [0.25, 0.3) is 16.7 Å². The quantitative estimate of drug-likeness (QED) is 0.449. The molecular weight excluding hydrogens is 398 g/mol. The predicted octanol–water partition coefficient (Wildman–Crippen LogP) is 6.62. The molecule has 2 aromatic heterocycles. The Morgan fingerprint density at radius 2 is 1.93 bits per heavy atom. The average Bonchev–Trinajstić information content (AvgIpc) is 3.22. The van der Waals surface area contributed by atoms with Gasteiger partial charge in [0.1, 0.15) is 11.1 Å². The minimum absolute atomic E-state index is 0.529. The fraction of sp³-hybridized carbons (Fsp3) is 0.250. The number of aromatic nitrogens is 1. The molecule has 0 bridgehead atoms. The Balaban J connectivity index is 1.85. The highest BCUT2D eigenvalue weighted by atomic mass is 35.5. The Bertz CT molecular complexity index is 1210. The summed E-state index contributed by atoms with van der Waals surface area (Å²) in [6, 6.07) is 14.2. The molecule has 0 fully saturated rings. The van der Waals surface area contributed by atoms with Crippen molar-refractivity contribution in [3.63, 3.8) is 0 Å². The van der Waals surface area contributed by atoms with E-state index >= 15 is 0 Å². The van der Waals surface area contributed by atoms with Crippen molar-refractivity contribution in [1.29, 1.82) is 10.5 Å². The van der Waals surface area contributed by atoms with Crippen LogP contribution in [-0.2, 0) is 12.8 Å². The van der Waals surface area contributed by atoms with Gasteiger partial charge in [-0.1, -0.05) is 29.8 Å². The van der Waals surface area contributed by atoms with Crippen molar-refractivity contribution < 1.29 is 0 Å². The topological polar surface area (TPSA) is 52.5 Å². The van der Waals surface area contributed by atoms with E-state index < -0.39 is 0 Å². The first kappa shape index (κ1) is 19.5. The van der Waals surface area contributed by atoms with E-state index in [4.69, 9.17) is 11.6 Å². The fourth-order valence-corrected chi connectivity index (χ4v) is 5.76. The van der Waals surface area contributed by atoms with Gasteiger partial charge in [0.05, 0.1) is 17.2 Å². The molecule has 2 heterocycles. The van der Waals surface area contributed by atoms with Gasteiger partial charge >= 0.3 is 0 Å². The van der Waals surface area contributed by atoms with Crippen LogP contribution < -0.4 is 0 Å². The molecule has 0 unspecified atom stereocenters. The zero-order chi connectivity index (χ0) is 20.5. The van der Waals surface area contributed by atoms with Crippen LogP contribution in [0.4, 0.5) is 0 Å². The van der Waals surface area contributed by atoms with Gasteiger partial charge in [-0.3, -0.25) is 0 Å². The summed E-state index contributed by atoms with van der Waals surface area (Å²) in [5.74, 6) is 0. The second-order valence-corrected chi connectivity index (χ2v) is 8.81. The van der Waals surface area contributed by atoms with Crippen molar-refractivity contribution in [3.8, 4) is 17.1 Å². The maximum atomic E-state index is 9.85. The first-order chi connectivity index (χ1) is 14.0. The molecular formula is C24H20ClN3S. The summed E-state index contributed by atoms with van der Waals surface area (Å²) in [6.45, 7) is 4.09. The van der Waals surface area contributed by atoms with Crippen LogP contribution >= 0.6 is 22.9 Å². The summed E-state index contributed by atoms with van der Waals surface area (Å²) in [4.78, 5) is 1.35. The Kier molecular flexibility index (Phi) is 5.33. The van der Waals surface area contributed by atoms with Crippen molar-refractivity contribution in [1.82, 2.24) is 4.57 Å². The number of halogens is 1. The molecule has 1 aromatic carbocycles. The van der Waals surface area contributed by atoms with Crippen LogP contribution in [0, 0.1) is 36.5 Å². The predicted molar refractivity (Wildman–Crippen MR) is 119 cm³/mol. The van der Waals surface area contributed by atoms with Crippen molar-refractivity contribution in [3.05, 3.63) is 73.9 Å². The molecule has 0 spiro atoms. The highest BCUT2D eigenvalue weighted by molar-refractivity contribution is 7.15. The Labute approximate surface area is 180 Å². The molecule has 29 heavy (non-hydrogen) atoms. The third-order valence-corrected chi connectivity index (χ3v) is 7.13. The monoisotopic (exact) mass is 417 g/mol. The summed E-state index contributed by atoms with van der Waals surface area (Å²) >= 11 is 8.04. The summed E-state index contributed by atoms with van der Waals surface area (Å²) in [6.07, 6.45) is 6.29. The largest absolute Gasteiger partial charge is 0.308 e. The third-order valence-electron chi connectivity index (χ3n) is 5.52. The molecule has 1 aliphatic rings. The third kappa shape index (κ3) is 3.40. The number of rotatable bonds is 3. The molecule has 0 amide bonds. The standard InChI is InChI=1S/C24H20ClN3S/c1-15-11-17(12-18(13-26)19-7-3-5-9-22(19)25)16(2)28(15)24-21(14-27)20-8-4-6-10-23(20)29-24/h3,5,7,9,11-12H,4,6,8,10H2,1-2H3.